The van der Waals surface area contributed by atoms with Crippen LogP contribution in [0.4, 0.5) is 5.69 Å². The Morgan fingerprint density at radius 3 is 2.15 bits per heavy atom. The fraction of sp³-hybridized carbons (Fsp3) is 0.257. The lowest BCUT2D eigenvalue weighted by Gasteiger charge is -2.34. The number of rotatable bonds is 15. The molecule has 0 aromatic heterocycles. The number of methoxy groups -OCH3 is 2. The summed E-state index contributed by atoms with van der Waals surface area (Å²) < 4.78 is 40.5. The van der Waals surface area contributed by atoms with Gasteiger partial charge in [-0.05, 0) is 53.9 Å². The number of benzene rings is 4. The summed E-state index contributed by atoms with van der Waals surface area (Å²) in [6, 6.07) is 28.0. The van der Waals surface area contributed by atoms with Crippen LogP contribution in [-0.4, -0.2) is 58.5 Å². The first-order chi connectivity index (χ1) is 22.2. The molecule has 0 aliphatic heterocycles. The molecule has 4 aromatic rings. The molecule has 11 heteroatoms. The van der Waals surface area contributed by atoms with Gasteiger partial charge >= 0.3 is 0 Å². The van der Waals surface area contributed by atoms with E-state index in [0.717, 1.165) is 9.87 Å². The van der Waals surface area contributed by atoms with Gasteiger partial charge in [-0.2, -0.15) is 0 Å². The lowest BCUT2D eigenvalue weighted by Crippen LogP contribution is -2.53. The highest BCUT2D eigenvalue weighted by molar-refractivity contribution is 7.92. The number of ether oxygens (including phenoxy) is 2. The molecule has 0 saturated carbocycles. The van der Waals surface area contributed by atoms with Gasteiger partial charge in [0.05, 0.1) is 24.8 Å². The molecule has 0 aliphatic rings. The van der Waals surface area contributed by atoms with Gasteiger partial charge in [0, 0.05) is 30.6 Å². The van der Waals surface area contributed by atoms with E-state index < -0.39 is 28.5 Å². The van der Waals surface area contributed by atoms with E-state index >= 15 is 0 Å². The molecule has 1 N–H and O–H groups in total. The second-order valence-electron chi connectivity index (χ2n) is 10.5. The van der Waals surface area contributed by atoms with Crippen LogP contribution in [-0.2, 0) is 32.6 Å². The average Bonchev–Trinajstić information content (AvgIpc) is 3.08. The van der Waals surface area contributed by atoms with Crippen molar-refractivity contribution in [1.82, 2.24) is 10.2 Å². The largest absolute Gasteiger partial charge is 0.497 e. The van der Waals surface area contributed by atoms with Gasteiger partial charge in [0.2, 0.25) is 11.8 Å². The molecule has 0 spiro atoms. The summed E-state index contributed by atoms with van der Waals surface area (Å²) >= 11 is 6.31. The first-order valence-corrected chi connectivity index (χ1v) is 16.6. The van der Waals surface area contributed by atoms with E-state index in [-0.39, 0.29) is 35.2 Å². The van der Waals surface area contributed by atoms with Crippen molar-refractivity contribution in [2.75, 3.05) is 31.6 Å². The maximum atomic E-state index is 14.6. The van der Waals surface area contributed by atoms with Crippen molar-refractivity contribution in [3.8, 4) is 11.5 Å². The first kappa shape index (κ1) is 34.3. The minimum Gasteiger partial charge on any atom is -0.497 e. The molecule has 242 valence electrons. The van der Waals surface area contributed by atoms with Gasteiger partial charge < -0.3 is 19.7 Å². The molecule has 0 aliphatic carbocycles. The van der Waals surface area contributed by atoms with Crippen LogP contribution in [0.25, 0.3) is 0 Å². The Morgan fingerprint density at radius 1 is 0.848 bits per heavy atom. The third-order valence-corrected chi connectivity index (χ3v) is 9.34. The van der Waals surface area contributed by atoms with Crippen molar-refractivity contribution >= 4 is 39.1 Å². The standard InChI is InChI=1S/C35H38ClN3O6S/c1-4-20-37-35(41)32(22-26-12-7-5-8-13-26)38(24-27-14-11-15-28(36)21-27)34(40)25-39(46(42,43)30-16-9-6-10-17-30)31-23-29(44-2)18-19-33(31)45-3/h5-19,21,23,32H,4,20,22,24-25H2,1-3H3,(H,37,41). The van der Waals surface area contributed by atoms with Gasteiger partial charge in [-0.15, -0.1) is 0 Å². The lowest BCUT2D eigenvalue weighted by atomic mass is 10.0. The summed E-state index contributed by atoms with van der Waals surface area (Å²) in [5, 5.41) is 3.40. The monoisotopic (exact) mass is 663 g/mol. The molecule has 1 atom stereocenters. The quantitative estimate of drug-likeness (QED) is 0.175. The minimum absolute atomic E-state index is 0.00487. The van der Waals surface area contributed by atoms with Gasteiger partial charge in [0.25, 0.3) is 10.0 Å². The van der Waals surface area contributed by atoms with Crippen molar-refractivity contribution in [2.24, 2.45) is 0 Å². The van der Waals surface area contributed by atoms with Crippen molar-refractivity contribution in [2.45, 2.75) is 37.2 Å². The molecule has 46 heavy (non-hydrogen) atoms. The molecule has 0 radical (unpaired) electrons. The van der Waals surface area contributed by atoms with Gasteiger partial charge in [-0.3, -0.25) is 13.9 Å². The summed E-state index contributed by atoms with van der Waals surface area (Å²) in [6.07, 6.45) is 0.904. The zero-order valence-corrected chi connectivity index (χ0v) is 27.6. The number of sulfonamides is 1. The zero-order valence-electron chi connectivity index (χ0n) is 26.1. The van der Waals surface area contributed by atoms with Crippen molar-refractivity contribution in [1.29, 1.82) is 0 Å². The van der Waals surface area contributed by atoms with E-state index in [1.807, 2.05) is 37.3 Å². The highest BCUT2D eigenvalue weighted by Gasteiger charge is 2.35. The van der Waals surface area contributed by atoms with E-state index in [1.54, 1.807) is 54.6 Å². The molecule has 9 nitrogen and oxygen atoms in total. The normalized spacial score (nSPS) is 11.7. The molecule has 1 unspecified atom stereocenters. The molecule has 0 bridgehead atoms. The SMILES string of the molecule is CCCNC(=O)C(Cc1ccccc1)N(Cc1cccc(Cl)c1)C(=O)CN(c1cc(OC)ccc1OC)S(=O)(=O)c1ccccc1. The Kier molecular flexibility index (Phi) is 12.1. The third-order valence-electron chi connectivity index (χ3n) is 7.33. The van der Waals surface area contributed by atoms with E-state index in [4.69, 9.17) is 21.1 Å². The highest BCUT2D eigenvalue weighted by atomic mass is 35.5. The lowest BCUT2D eigenvalue weighted by molar-refractivity contribution is -0.140. The highest BCUT2D eigenvalue weighted by Crippen LogP contribution is 2.36. The molecule has 0 fully saturated rings. The van der Waals surface area contributed by atoms with Gasteiger partial charge in [0.15, 0.2) is 0 Å². The summed E-state index contributed by atoms with van der Waals surface area (Å²) in [5.41, 5.74) is 1.63. The number of hydrogen-bond donors (Lipinski definition) is 1. The number of amides is 2. The van der Waals surface area contributed by atoms with Crippen LogP contribution in [0.5, 0.6) is 11.5 Å². The summed E-state index contributed by atoms with van der Waals surface area (Å²) in [4.78, 5) is 29.8. The number of carbonyl (C=O) groups excluding carboxylic acids is 2. The molecular weight excluding hydrogens is 626 g/mol. The smallest absolute Gasteiger partial charge is 0.264 e. The van der Waals surface area contributed by atoms with Crippen molar-refractivity contribution < 1.29 is 27.5 Å². The first-order valence-electron chi connectivity index (χ1n) is 14.8. The molecule has 4 rings (SSSR count). The predicted octanol–water partition coefficient (Wildman–Crippen LogP) is 5.72. The fourth-order valence-corrected chi connectivity index (χ4v) is 6.63. The third kappa shape index (κ3) is 8.58. The summed E-state index contributed by atoms with van der Waals surface area (Å²) in [7, 11) is -1.43. The number of carbonyl (C=O) groups is 2. The van der Waals surface area contributed by atoms with E-state index in [0.29, 0.717) is 29.3 Å². The van der Waals surface area contributed by atoms with Crippen LogP contribution < -0.4 is 19.1 Å². The van der Waals surface area contributed by atoms with Crippen molar-refractivity contribution in [3.63, 3.8) is 0 Å². The fourth-order valence-electron chi connectivity index (χ4n) is 4.98. The summed E-state index contributed by atoms with van der Waals surface area (Å²) in [5.74, 6) is -0.362. The Labute approximate surface area is 275 Å². The van der Waals surface area contributed by atoms with Gasteiger partial charge in [-0.1, -0.05) is 79.2 Å². The Bertz CT molecular complexity index is 1720. The maximum Gasteiger partial charge on any atom is 0.264 e. The Hall–Kier alpha value is -4.54. The second-order valence-corrected chi connectivity index (χ2v) is 12.8. The van der Waals surface area contributed by atoms with Gasteiger partial charge in [0.1, 0.15) is 24.1 Å². The van der Waals surface area contributed by atoms with Crippen molar-refractivity contribution in [3.05, 3.63) is 119 Å². The van der Waals surface area contributed by atoms with Crippen LogP contribution in [0.2, 0.25) is 5.02 Å². The number of hydrogen-bond acceptors (Lipinski definition) is 6. The van der Waals surface area contributed by atoms with E-state index in [2.05, 4.69) is 5.32 Å². The topological polar surface area (TPSA) is 105 Å². The number of nitrogens with one attached hydrogen (secondary N) is 1. The van der Waals surface area contributed by atoms with Crippen LogP contribution in [0.1, 0.15) is 24.5 Å². The Balaban J connectivity index is 1.85. The minimum atomic E-state index is -4.31. The summed E-state index contributed by atoms with van der Waals surface area (Å²) in [6.45, 7) is 1.73. The van der Waals surface area contributed by atoms with E-state index in [9.17, 15) is 18.0 Å². The molecule has 2 amide bonds. The second kappa shape index (κ2) is 16.1. The van der Waals surface area contributed by atoms with Crippen LogP contribution in [0.15, 0.2) is 108 Å². The van der Waals surface area contributed by atoms with Crippen LogP contribution >= 0.6 is 11.6 Å². The number of nitrogens with zero attached hydrogens (tertiary/aromatic N) is 2. The van der Waals surface area contributed by atoms with Crippen LogP contribution in [0.3, 0.4) is 0 Å². The average molecular weight is 664 g/mol. The maximum absolute atomic E-state index is 14.6. The predicted molar refractivity (Wildman–Crippen MR) is 180 cm³/mol. The molecule has 4 aromatic carbocycles. The molecular formula is C35H38ClN3O6S. The number of anilines is 1. The van der Waals surface area contributed by atoms with Crippen LogP contribution in [0, 0.1) is 0 Å². The molecule has 0 heterocycles. The number of halogens is 1. The zero-order chi connectivity index (χ0) is 33.1. The Morgan fingerprint density at radius 2 is 1.52 bits per heavy atom. The van der Waals surface area contributed by atoms with E-state index in [1.165, 1.54) is 37.3 Å². The molecule has 0 saturated heterocycles. The van der Waals surface area contributed by atoms with Gasteiger partial charge in [-0.25, -0.2) is 8.42 Å².